The average Bonchev–Trinajstić information content (AvgIpc) is 2.14. The van der Waals surface area contributed by atoms with Gasteiger partial charge in [-0.3, -0.25) is 0 Å². The van der Waals surface area contributed by atoms with Crippen molar-refractivity contribution in [3.8, 4) is 0 Å². The van der Waals surface area contributed by atoms with Crippen LogP contribution >= 0.6 is 0 Å². The average molecular weight is 271 g/mol. The zero-order valence-electron chi connectivity index (χ0n) is 9.09. The lowest BCUT2D eigenvalue weighted by atomic mass is 10.2. The van der Waals surface area contributed by atoms with E-state index >= 15 is 0 Å². The molecule has 0 spiro atoms. The second-order valence-electron chi connectivity index (χ2n) is 4.11. The van der Waals surface area contributed by atoms with E-state index in [2.05, 4.69) is 4.72 Å². The minimum Gasteiger partial charge on any atom is -0.395 e. The molecule has 0 aliphatic carbocycles. The van der Waals surface area contributed by atoms with E-state index in [4.69, 9.17) is 5.11 Å². The third kappa shape index (κ3) is 3.69. The Balaban J connectivity index is 2.68. The molecule has 1 aliphatic heterocycles. The summed E-state index contributed by atoms with van der Waals surface area (Å²) < 4.78 is 48.1. The summed E-state index contributed by atoms with van der Waals surface area (Å²) in [5.74, 6) is -0.0227. The third-order valence-electron chi connectivity index (χ3n) is 2.58. The Labute approximate surface area is 96.0 Å². The topological polar surface area (TPSA) is 101 Å². The lowest BCUT2D eigenvalue weighted by Gasteiger charge is -2.24. The number of rotatable bonds is 4. The van der Waals surface area contributed by atoms with Gasteiger partial charge in [0.1, 0.15) is 0 Å². The maximum absolute atomic E-state index is 11.6. The van der Waals surface area contributed by atoms with Crippen molar-refractivity contribution in [3.05, 3.63) is 0 Å². The first-order valence-corrected chi connectivity index (χ1v) is 8.46. The summed E-state index contributed by atoms with van der Waals surface area (Å²) in [5, 5.41) is 7.85. The molecule has 8 heteroatoms. The number of sulfonamides is 1. The molecule has 96 valence electrons. The van der Waals surface area contributed by atoms with Gasteiger partial charge in [-0.05, 0) is 19.8 Å². The molecular weight excluding hydrogens is 254 g/mol. The van der Waals surface area contributed by atoms with Crippen LogP contribution in [-0.2, 0) is 19.9 Å². The zero-order chi connectivity index (χ0) is 12.4. The molecule has 2 unspecified atom stereocenters. The summed E-state index contributed by atoms with van der Waals surface area (Å²) >= 11 is 0. The van der Waals surface area contributed by atoms with Gasteiger partial charge in [-0.25, -0.2) is 21.6 Å². The van der Waals surface area contributed by atoms with Gasteiger partial charge in [-0.15, -0.1) is 0 Å². The fourth-order valence-electron chi connectivity index (χ4n) is 1.56. The molecule has 1 fully saturated rings. The van der Waals surface area contributed by atoms with Crippen LogP contribution in [0.4, 0.5) is 0 Å². The fraction of sp³-hybridized carbons (Fsp3) is 1.00. The molecule has 0 radical (unpaired) electrons. The van der Waals surface area contributed by atoms with Gasteiger partial charge in [0, 0.05) is 6.04 Å². The van der Waals surface area contributed by atoms with Crippen LogP contribution < -0.4 is 4.72 Å². The lowest BCUT2D eigenvalue weighted by molar-refractivity contribution is 0.294. The Kier molecular flexibility index (Phi) is 4.33. The van der Waals surface area contributed by atoms with Crippen molar-refractivity contribution in [1.29, 1.82) is 0 Å². The van der Waals surface area contributed by atoms with E-state index < -0.39 is 37.8 Å². The number of nitrogens with one attached hydrogen (secondary N) is 1. The van der Waals surface area contributed by atoms with Crippen LogP contribution in [0, 0.1) is 0 Å². The highest BCUT2D eigenvalue weighted by atomic mass is 32.2. The summed E-state index contributed by atoms with van der Waals surface area (Å²) in [6.07, 6.45) is 1.000. The van der Waals surface area contributed by atoms with E-state index in [1.807, 2.05) is 0 Å². The van der Waals surface area contributed by atoms with Crippen LogP contribution in [0.1, 0.15) is 19.8 Å². The van der Waals surface area contributed by atoms with Crippen molar-refractivity contribution >= 4 is 19.9 Å². The summed E-state index contributed by atoms with van der Waals surface area (Å²) in [5.41, 5.74) is 0. The predicted molar refractivity (Wildman–Crippen MR) is 60.3 cm³/mol. The molecule has 0 aromatic heterocycles. The van der Waals surface area contributed by atoms with Crippen LogP contribution in [0.2, 0.25) is 0 Å². The van der Waals surface area contributed by atoms with Crippen LogP contribution in [0.3, 0.4) is 0 Å². The monoisotopic (exact) mass is 271 g/mol. The molecule has 2 atom stereocenters. The van der Waals surface area contributed by atoms with Gasteiger partial charge in [0.05, 0.1) is 23.4 Å². The molecule has 0 aromatic carbocycles. The van der Waals surface area contributed by atoms with Crippen molar-refractivity contribution in [2.75, 3.05) is 18.1 Å². The number of aliphatic hydroxyl groups excluding tert-OH is 1. The maximum atomic E-state index is 11.6. The Morgan fingerprint density at radius 2 is 2.12 bits per heavy atom. The molecule has 1 heterocycles. The van der Waals surface area contributed by atoms with Crippen LogP contribution in [0.5, 0.6) is 0 Å². The summed E-state index contributed by atoms with van der Waals surface area (Å²) in [6, 6.07) is -0.558. The summed E-state index contributed by atoms with van der Waals surface area (Å²) in [6.45, 7) is 0.897. The van der Waals surface area contributed by atoms with Crippen molar-refractivity contribution in [1.82, 2.24) is 4.72 Å². The second kappa shape index (κ2) is 4.99. The highest BCUT2D eigenvalue weighted by molar-refractivity contribution is 7.91. The molecule has 0 bridgehead atoms. The molecule has 16 heavy (non-hydrogen) atoms. The Hall–Kier alpha value is -0.180. The van der Waals surface area contributed by atoms with Crippen molar-refractivity contribution in [2.45, 2.75) is 31.1 Å². The van der Waals surface area contributed by atoms with E-state index in [9.17, 15) is 16.8 Å². The molecule has 2 N–H and O–H groups in total. The second-order valence-corrected chi connectivity index (χ2v) is 8.47. The molecule has 0 saturated carbocycles. The maximum Gasteiger partial charge on any atom is 0.216 e. The van der Waals surface area contributed by atoms with Gasteiger partial charge in [0.2, 0.25) is 10.0 Å². The van der Waals surface area contributed by atoms with Crippen LogP contribution in [-0.4, -0.2) is 51.3 Å². The number of aliphatic hydroxyl groups is 1. The lowest BCUT2D eigenvalue weighted by Crippen LogP contribution is -2.46. The first kappa shape index (κ1) is 13.9. The van der Waals surface area contributed by atoms with E-state index in [0.29, 0.717) is 12.8 Å². The van der Waals surface area contributed by atoms with E-state index in [0.717, 1.165) is 0 Å². The first-order valence-electron chi connectivity index (χ1n) is 5.09. The molecule has 1 aliphatic rings. The molecule has 0 amide bonds. The van der Waals surface area contributed by atoms with Gasteiger partial charge in [0.25, 0.3) is 0 Å². The predicted octanol–water partition coefficient (Wildman–Crippen LogP) is -1.14. The highest BCUT2D eigenvalue weighted by Gasteiger charge is 2.30. The Bertz CT molecular complexity index is 427. The van der Waals surface area contributed by atoms with Gasteiger partial charge in [-0.1, -0.05) is 0 Å². The van der Waals surface area contributed by atoms with Crippen LogP contribution in [0.15, 0.2) is 0 Å². The Morgan fingerprint density at radius 3 is 2.62 bits per heavy atom. The molecule has 0 aromatic rings. The smallest absolute Gasteiger partial charge is 0.216 e. The van der Waals surface area contributed by atoms with E-state index in [-0.39, 0.29) is 11.5 Å². The van der Waals surface area contributed by atoms with Gasteiger partial charge in [-0.2, -0.15) is 0 Å². The highest BCUT2D eigenvalue weighted by Crippen LogP contribution is 2.13. The van der Waals surface area contributed by atoms with Crippen molar-refractivity contribution < 1.29 is 21.9 Å². The number of hydrogen-bond acceptors (Lipinski definition) is 5. The van der Waals surface area contributed by atoms with Crippen LogP contribution in [0.25, 0.3) is 0 Å². The minimum atomic E-state index is -3.62. The van der Waals surface area contributed by atoms with Crippen molar-refractivity contribution in [2.24, 2.45) is 0 Å². The number of hydrogen-bond donors (Lipinski definition) is 2. The number of sulfone groups is 1. The SMILES string of the molecule is CC(CO)S(=O)(=O)NC1CCCS(=O)(=O)C1. The quantitative estimate of drug-likeness (QED) is 0.673. The summed E-state index contributed by atoms with van der Waals surface area (Å²) in [7, 11) is -6.75. The van der Waals surface area contributed by atoms with Crippen molar-refractivity contribution in [3.63, 3.8) is 0 Å². The standard InChI is InChI=1S/C8H17NO5S2/c1-7(5-10)16(13,14)9-8-3-2-4-15(11,12)6-8/h7-10H,2-6H2,1H3. The molecule has 1 rings (SSSR count). The molecular formula is C8H17NO5S2. The van der Waals surface area contributed by atoms with E-state index in [1.165, 1.54) is 6.92 Å². The molecule has 6 nitrogen and oxygen atoms in total. The van der Waals surface area contributed by atoms with E-state index in [1.54, 1.807) is 0 Å². The minimum absolute atomic E-state index is 0.126. The van der Waals surface area contributed by atoms with Gasteiger partial charge >= 0.3 is 0 Å². The van der Waals surface area contributed by atoms with Gasteiger partial charge in [0.15, 0.2) is 9.84 Å². The molecule has 1 saturated heterocycles. The summed E-state index contributed by atoms with van der Waals surface area (Å²) in [4.78, 5) is 0. The Morgan fingerprint density at radius 1 is 1.50 bits per heavy atom. The first-order chi connectivity index (χ1) is 7.27. The fourth-order valence-corrected chi connectivity index (χ4v) is 4.40. The van der Waals surface area contributed by atoms with Gasteiger partial charge < -0.3 is 5.11 Å². The normalized spacial score (nSPS) is 27.5. The third-order valence-corrected chi connectivity index (χ3v) is 6.27. The zero-order valence-corrected chi connectivity index (χ0v) is 10.7. The largest absolute Gasteiger partial charge is 0.395 e.